The van der Waals surface area contributed by atoms with Gasteiger partial charge in [-0.3, -0.25) is 4.79 Å². The standard InChI is InChI=1S/C38H31ClF6N2O6S/c1-2-11-53-30-15-23(38(49)50)8-10-29(30)47(17-20-12-25(21-3-4-21)14-26(13-20)22-5-6-22)31(48)19-46(18-24-7-9-27(40)16-28(24)39)54(51,52)37-35(44)33(42)32(41)34(43)36(37)45/h1,7-10,12-16,21-22,38,49-50H,3-6,11,17-19H2. The zero-order chi connectivity index (χ0) is 39.1. The third-order valence-electron chi connectivity index (χ3n) is 9.10. The minimum absolute atomic E-state index is 0.0437. The molecule has 8 nitrogen and oxygen atoms in total. The van der Waals surface area contributed by atoms with Crippen molar-refractivity contribution >= 4 is 33.2 Å². The van der Waals surface area contributed by atoms with Crippen molar-refractivity contribution in [1.82, 2.24) is 4.31 Å². The molecule has 54 heavy (non-hydrogen) atoms. The van der Waals surface area contributed by atoms with Crippen LogP contribution < -0.4 is 9.64 Å². The molecule has 2 aliphatic rings. The molecule has 2 N–H and O–H groups in total. The van der Waals surface area contributed by atoms with Gasteiger partial charge in [-0.05, 0) is 84.0 Å². The second-order valence-corrected chi connectivity index (χ2v) is 15.3. The number of benzene rings is 4. The number of hydrogen-bond acceptors (Lipinski definition) is 6. The van der Waals surface area contributed by atoms with Gasteiger partial charge >= 0.3 is 0 Å². The van der Waals surface area contributed by atoms with Crippen molar-refractivity contribution in [3.05, 3.63) is 122 Å². The van der Waals surface area contributed by atoms with Crippen LogP contribution in [0.3, 0.4) is 0 Å². The van der Waals surface area contributed by atoms with Crippen LogP contribution in [0.2, 0.25) is 5.02 Å². The topological polar surface area (TPSA) is 107 Å². The normalized spacial score (nSPS) is 14.4. The number of carbonyl (C=O) groups excluding carboxylic acids is 1. The number of halogens is 7. The van der Waals surface area contributed by atoms with Gasteiger partial charge in [-0.25, -0.2) is 34.8 Å². The Morgan fingerprint density at radius 2 is 1.44 bits per heavy atom. The maximum Gasteiger partial charge on any atom is 0.249 e. The van der Waals surface area contributed by atoms with Gasteiger partial charge in [0.25, 0.3) is 0 Å². The lowest BCUT2D eigenvalue weighted by molar-refractivity contribution is -0.119. The van der Waals surface area contributed by atoms with Crippen LogP contribution in [-0.4, -0.2) is 42.0 Å². The number of terminal acetylenes is 1. The molecule has 0 aliphatic heterocycles. The Kier molecular flexibility index (Phi) is 11.3. The SMILES string of the molecule is C#CCOc1cc(C(O)O)ccc1N(Cc1cc(C2CC2)cc(C2CC2)c1)C(=O)CN(Cc1ccc(F)cc1Cl)S(=O)(=O)c1c(F)c(F)c(F)c(F)c1F. The van der Waals surface area contributed by atoms with Crippen LogP contribution in [0.1, 0.15) is 71.6 Å². The molecule has 4 aromatic carbocycles. The molecule has 0 heterocycles. The summed E-state index contributed by atoms with van der Waals surface area (Å²) in [6, 6.07) is 12.3. The Morgan fingerprint density at radius 1 is 0.852 bits per heavy atom. The summed E-state index contributed by atoms with van der Waals surface area (Å²) in [6.07, 6.45) is 7.27. The number of ether oxygens (including phenoxy) is 1. The maximum atomic E-state index is 15.1. The molecule has 1 amide bonds. The molecule has 0 bridgehead atoms. The molecule has 0 atom stereocenters. The van der Waals surface area contributed by atoms with E-state index in [0.29, 0.717) is 17.4 Å². The van der Waals surface area contributed by atoms with E-state index in [1.165, 1.54) is 18.2 Å². The van der Waals surface area contributed by atoms with Gasteiger partial charge in [0.15, 0.2) is 34.5 Å². The van der Waals surface area contributed by atoms with E-state index in [9.17, 15) is 41.0 Å². The number of anilines is 1. The summed E-state index contributed by atoms with van der Waals surface area (Å²) in [5, 5.41) is 19.3. The number of amides is 1. The molecule has 0 saturated heterocycles. The molecule has 16 heteroatoms. The predicted octanol–water partition coefficient (Wildman–Crippen LogP) is 7.35. The highest BCUT2D eigenvalue weighted by Gasteiger charge is 2.39. The molecular weight excluding hydrogens is 762 g/mol. The Hall–Kier alpha value is -4.59. The van der Waals surface area contributed by atoms with Gasteiger partial charge in [0, 0.05) is 17.1 Å². The number of aliphatic hydroxyl groups excluding tert-OH is 1. The first-order valence-electron chi connectivity index (χ1n) is 16.6. The second-order valence-electron chi connectivity index (χ2n) is 13.0. The van der Waals surface area contributed by atoms with E-state index in [1.54, 1.807) is 0 Å². The zero-order valence-corrected chi connectivity index (χ0v) is 29.7. The highest BCUT2D eigenvalue weighted by molar-refractivity contribution is 7.89. The first-order valence-corrected chi connectivity index (χ1v) is 18.4. The lowest BCUT2D eigenvalue weighted by atomic mass is 9.99. The van der Waals surface area contributed by atoms with E-state index < -0.39 is 75.1 Å². The van der Waals surface area contributed by atoms with Crippen LogP contribution in [0, 0.1) is 47.2 Å². The summed E-state index contributed by atoms with van der Waals surface area (Å²) in [4.78, 5) is 13.4. The van der Waals surface area contributed by atoms with Crippen molar-refractivity contribution in [2.24, 2.45) is 0 Å². The summed E-state index contributed by atoms with van der Waals surface area (Å²) >= 11 is 6.16. The monoisotopic (exact) mass is 792 g/mol. The van der Waals surface area contributed by atoms with Gasteiger partial charge < -0.3 is 19.8 Å². The van der Waals surface area contributed by atoms with E-state index >= 15 is 8.78 Å². The quantitative estimate of drug-likeness (QED) is 0.0455. The molecule has 284 valence electrons. The van der Waals surface area contributed by atoms with Gasteiger partial charge in [0.1, 0.15) is 18.2 Å². The predicted molar refractivity (Wildman–Crippen MR) is 185 cm³/mol. The Morgan fingerprint density at radius 3 is 1.98 bits per heavy atom. The highest BCUT2D eigenvalue weighted by Crippen LogP contribution is 2.46. The van der Waals surface area contributed by atoms with Crippen molar-refractivity contribution in [2.75, 3.05) is 18.1 Å². The Bertz CT molecular complexity index is 2220. The first kappa shape index (κ1) is 39.1. The number of sulfonamides is 1. The maximum absolute atomic E-state index is 15.1. The largest absolute Gasteiger partial charge is 0.479 e. The van der Waals surface area contributed by atoms with Gasteiger partial charge in [-0.15, -0.1) is 6.42 Å². The van der Waals surface area contributed by atoms with Gasteiger partial charge in [0.2, 0.25) is 21.7 Å². The fraction of sp³-hybridized carbons (Fsp3) is 0.289. The number of carbonyl (C=O) groups is 1. The number of rotatable bonds is 14. The molecule has 2 aliphatic carbocycles. The minimum Gasteiger partial charge on any atom is -0.479 e. The fourth-order valence-corrected chi connectivity index (χ4v) is 7.73. The molecule has 0 aromatic heterocycles. The van der Waals surface area contributed by atoms with E-state index in [2.05, 4.69) is 12.0 Å². The van der Waals surface area contributed by atoms with Crippen molar-refractivity contribution in [3.63, 3.8) is 0 Å². The average Bonchev–Trinajstić information content (AvgIpc) is 4.06. The molecule has 0 radical (unpaired) electrons. The molecule has 6 rings (SSSR count). The molecule has 2 fully saturated rings. The van der Waals surface area contributed by atoms with Crippen LogP contribution in [0.15, 0.2) is 59.5 Å². The highest BCUT2D eigenvalue weighted by atomic mass is 35.5. The minimum atomic E-state index is -5.78. The number of hydrogen-bond donors (Lipinski definition) is 2. The van der Waals surface area contributed by atoms with Crippen LogP contribution >= 0.6 is 11.6 Å². The zero-order valence-electron chi connectivity index (χ0n) is 28.1. The summed E-state index contributed by atoms with van der Waals surface area (Å²) in [7, 11) is -5.78. The van der Waals surface area contributed by atoms with Crippen molar-refractivity contribution in [2.45, 2.75) is 61.8 Å². The van der Waals surface area contributed by atoms with E-state index in [4.69, 9.17) is 22.8 Å². The van der Waals surface area contributed by atoms with Gasteiger partial charge in [-0.1, -0.05) is 47.9 Å². The Balaban J connectivity index is 1.49. The van der Waals surface area contributed by atoms with E-state index in [1.807, 2.05) is 12.1 Å². The third kappa shape index (κ3) is 8.23. The van der Waals surface area contributed by atoms with Crippen molar-refractivity contribution < 1.29 is 54.5 Å². The summed E-state index contributed by atoms with van der Waals surface area (Å²) < 4.78 is 121. The van der Waals surface area contributed by atoms with Crippen LogP contribution in [-0.2, 0) is 27.9 Å². The molecular formula is C38H31ClF6N2O6S. The summed E-state index contributed by atoms with van der Waals surface area (Å²) in [6.45, 7) is -2.88. The molecule has 0 unspecified atom stereocenters. The van der Waals surface area contributed by atoms with E-state index in [0.717, 1.165) is 59.9 Å². The Labute approximate surface area is 311 Å². The van der Waals surface area contributed by atoms with Gasteiger partial charge in [0.05, 0.1) is 18.8 Å². The van der Waals surface area contributed by atoms with Crippen LogP contribution in [0.4, 0.5) is 32.0 Å². The van der Waals surface area contributed by atoms with Gasteiger partial charge in [-0.2, -0.15) is 4.31 Å². The fourth-order valence-electron chi connectivity index (χ4n) is 6.02. The number of nitrogens with zero attached hydrogens (tertiary/aromatic N) is 2. The van der Waals surface area contributed by atoms with Crippen LogP contribution in [0.5, 0.6) is 5.75 Å². The smallest absolute Gasteiger partial charge is 0.249 e. The average molecular weight is 793 g/mol. The first-order chi connectivity index (χ1) is 25.6. The lowest BCUT2D eigenvalue weighted by Crippen LogP contribution is -2.43. The summed E-state index contributed by atoms with van der Waals surface area (Å²) in [5.74, 6) is -12.2. The molecule has 0 spiro atoms. The number of aliphatic hydroxyl groups is 2. The third-order valence-corrected chi connectivity index (χ3v) is 11.3. The van der Waals surface area contributed by atoms with Crippen LogP contribution in [0.25, 0.3) is 0 Å². The molecule has 4 aromatic rings. The summed E-state index contributed by atoms with van der Waals surface area (Å²) in [5.41, 5.74) is 2.39. The van der Waals surface area contributed by atoms with Crippen molar-refractivity contribution in [3.8, 4) is 18.1 Å². The second kappa shape index (κ2) is 15.6. The molecule has 2 saturated carbocycles. The van der Waals surface area contributed by atoms with Crippen molar-refractivity contribution in [1.29, 1.82) is 0 Å². The lowest BCUT2D eigenvalue weighted by Gasteiger charge is -2.29. The van der Waals surface area contributed by atoms with E-state index in [-0.39, 0.29) is 45.0 Å².